The third kappa shape index (κ3) is 4.31. The van der Waals surface area contributed by atoms with Crippen molar-refractivity contribution in [1.29, 1.82) is 0 Å². The number of carbonyl (C=O) groups is 2. The Kier molecular flexibility index (Phi) is 6.38. The summed E-state index contributed by atoms with van der Waals surface area (Å²) in [7, 11) is 1.63. The van der Waals surface area contributed by atoms with Gasteiger partial charge in [0.25, 0.3) is 11.1 Å². The Morgan fingerprint density at radius 3 is 2.56 bits per heavy atom. The fourth-order valence-corrected chi connectivity index (χ4v) is 4.98. The van der Waals surface area contributed by atoms with Gasteiger partial charge in [-0.25, -0.2) is 0 Å². The molecular formula is C24H20Cl2N2O3S. The predicted octanol–water partition coefficient (Wildman–Crippen LogP) is 6.65. The van der Waals surface area contributed by atoms with Crippen molar-refractivity contribution in [3.63, 3.8) is 0 Å². The van der Waals surface area contributed by atoms with Crippen LogP contribution >= 0.6 is 35.0 Å². The molecule has 2 amide bonds. The van der Waals surface area contributed by atoms with Gasteiger partial charge in [-0.05, 0) is 73.1 Å². The van der Waals surface area contributed by atoms with Gasteiger partial charge in [-0.2, -0.15) is 0 Å². The molecule has 0 spiro atoms. The third-order valence-electron chi connectivity index (χ3n) is 5.29. The number of benzene rings is 2. The van der Waals surface area contributed by atoms with Crippen molar-refractivity contribution in [3.8, 4) is 11.4 Å². The second kappa shape index (κ2) is 9.06. The molecule has 0 radical (unpaired) electrons. The van der Waals surface area contributed by atoms with E-state index in [0.29, 0.717) is 20.5 Å². The van der Waals surface area contributed by atoms with E-state index in [1.54, 1.807) is 31.4 Å². The Morgan fingerprint density at radius 1 is 1.06 bits per heavy atom. The van der Waals surface area contributed by atoms with Crippen LogP contribution in [-0.4, -0.2) is 27.7 Å². The third-order valence-corrected chi connectivity index (χ3v) is 6.78. The molecule has 4 rings (SSSR count). The van der Waals surface area contributed by atoms with Gasteiger partial charge in [-0.1, -0.05) is 35.3 Å². The molecule has 2 heterocycles. The molecule has 1 fully saturated rings. The minimum atomic E-state index is -0.336. The van der Waals surface area contributed by atoms with Crippen LogP contribution in [0.15, 0.2) is 53.4 Å². The first-order valence-corrected chi connectivity index (χ1v) is 11.4. The molecule has 0 saturated carbocycles. The first-order valence-electron chi connectivity index (χ1n) is 9.81. The number of aryl methyl sites for hydroxylation is 1. The van der Waals surface area contributed by atoms with Crippen LogP contribution in [0.1, 0.15) is 22.5 Å². The van der Waals surface area contributed by atoms with Crippen LogP contribution in [0.4, 0.5) is 4.79 Å². The van der Waals surface area contributed by atoms with Crippen molar-refractivity contribution in [3.05, 3.63) is 86.0 Å². The van der Waals surface area contributed by atoms with Gasteiger partial charge in [-0.3, -0.25) is 14.5 Å². The molecule has 5 nitrogen and oxygen atoms in total. The van der Waals surface area contributed by atoms with E-state index in [0.717, 1.165) is 40.2 Å². The number of thioether (sulfide) groups is 1. The molecule has 1 aromatic heterocycles. The van der Waals surface area contributed by atoms with Crippen molar-refractivity contribution < 1.29 is 14.3 Å². The Hall–Kier alpha value is -2.67. The van der Waals surface area contributed by atoms with Gasteiger partial charge in [0.05, 0.1) is 18.6 Å². The maximum Gasteiger partial charge on any atom is 0.293 e. The van der Waals surface area contributed by atoms with E-state index in [9.17, 15) is 9.59 Å². The van der Waals surface area contributed by atoms with Crippen molar-refractivity contribution in [2.24, 2.45) is 0 Å². The fraction of sp³-hybridized carbons (Fsp3) is 0.167. The van der Waals surface area contributed by atoms with Crippen LogP contribution in [0.25, 0.3) is 11.8 Å². The molecule has 0 aliphatic carbocycles. The van der Waals surface area contributed by atoms with Gasteiger partial charge >= 0.3 is 0 Å². The van der Waals surface area contributed by atoms with Gasteiger partial charge in [0.2, 0.25) is 0 Å². The number of rotatable bonds is 5. The second-order valence-electron chi connectivity index (χ2n) is 7.37. The van der Waals surface area contributed by atoms with E-state index >= 15 is 0 Å². The van der Waals surface area contributed by atoms with E-state index in [2.05, 4.69) is 4.57 Å². The minimum Gasteiger partial charge on any atom is -0.497 e. The summed E-state index contributed by atoms with van der Waals surface area (Å²) in [6, 6.07) is 14.8. The van der Waals surface area contributed by atoms with Crippen LogP contribution in [0, 0.1) is 13.8 Å². The van der Waals surface area contributed by atoms with Crippen molar-refractivity contribution in [2.75, 3.05) is 7.11 Å². The molecule has 1 saturated heterocycles. The van der Waals surface area contributed by atoms with Gasteiger partial charge < -0.3 is 9.30 Å². The summed E-state index contributed by atoms with van der Waals surface area (Å²) in [5.41, 5.74) is 4.47. The second-order valence-corrected chi connectivity index (χ2v) is 9.20. The maximum absolute atomic E-state index is 13.0. The molecule has 0 unspecified atom stereocenters. The topological polar surface area (TPSA) is 51.5 Å². The van der Waals surface area contributed by atoms with Crippen molar-refractivity contribution >= 4 is 52.2 Å². The molecule has 2 aromatic carbocycles. The van der Waals surface area contributed by atoms with Gasteiger partial charge in [-0.15, -0.1) is 0 Å². The molecule has 0 bridgehead atoms. The van der Waals surface area contributed by atoms with Crippen LogP contribution in [0.5, 0.6) is 5.75 Å². The Labute approximate surface area is 200 Å². The highest BCUT2D eigenvalue weighted by Gasteiger charge is 2.35. The van der Waals surface area contributed by atoms with E-state index in [1.165, 1.54) is 4.90 Å². The lowest BCUT2D eigenvalue weighted by atomic mass is 10.2. The number of aromatic nitrogens is 1. The zero-order valence-electron chi connectivity index (χ0n) is 17.7. The van der Waals surface area contributed by atoms with E-state index in [-0.39, 0.29) is 17.7 Å². The number of halogens is 2. The summed E-state index contributed by atoms with van der Waals surface area (Å²) in [5, 5.41) is 0.593. The van der Waals surface area contributed by atoms with Crippen LogP contribution in [-0.2, 0) is 11.3 Å². The number of hydrogen-bond acceptors (Lipinski definition) is 4. The zero-order valence-corrected chi connectivity index (χ0v) is 20.0. The average molecular weight is 487 g/mol. The molecule has 164 valence electrons. The lowest BCUT2D eigenvalue weighted by Gasteiger charge is -2.13. The highest BCUT2D eigenvalue weighted by molar-refractivity contribution is 8.18. The highest BCUT2D eigenvalue weighted by atomic mass is 35.5. The molecule has 8 heteroatoms. The van der Waals surface area contributed by atoms with Crippen LogP contribution in [0.3, 0.4) is 0 Å². The summed E-state index contributed by atoms with van der Waals surface area (Å²) in [6.45, 7) is 4.08. The number of carbonyl (C=O) groups excluding carboxylic acids is 2. The molecule has 0 N–H and O–H groups in total. The van der Waals surface area contributed by atoms with Gasteiger partial charge in [0.1, 0.15) is 5.75 Å². The minimum absolute atomic E-state index is 0.0981. The quantitative estimate of drug-likeness (QED) is 0.379. The average Bonchev–Trinajstić information content (AvgIpc) is 3.19. The number of hydrogen-bond donors (Lipinski definition) is 0. The van der Waals surface area contributed by atoms with Gasteiger partial charge in [0, 0.05) is 33.2 Å². The normalized spacial score (nSPS) is 15.2. The standard InChI is InChI=1S/C24H20Cl2N2O3S/c1-14-9-17(15(2)28(14)19-5-4-6-20(12-19)31-3)10-22-23(29)27(24(30)32-22)13-16-7-8-18(25)11-21(16)26/h4-12H,13H2,1-3H3/b22-10-. The maximum atomic E-state index is 13.0. The van der Waals surface area contributed by atoms with E-state index in [4.69, 9.17) is 27.9 Å². The Balaban J connectivity index is 1.63. The Bertz CT molecular complexity index is 1270. The number of methoxy groups -OCH3 is 1. The summed E-state index contributed by atoms with van der Waals surface area (Å²) in [6.07, 6.45) is 1.77. The Morgan fingerprint density at radius 2 is 1.84 bits per heavy atom. The highest BCUT2D eigenvalue weighted by Crippen LogP contribution is 2.36. The molecule has 1 aliphatic rings. The molecule has 0 atom stereocenters. The lowest BCUT2D eigenvalue weighted by molar-refractivity contribution is -0.123. The lowest BCUT2D eigenvalue weighted by Crippen LogP contribution is -2.27. The molecular weight excluding hydrogens is 467 g/mol. The van der Waals surface area contributed by atoms with Crippen molar-refractivity contribution in [2.45, 2.75) is 20.4 Å². The first kappa shape index (κ1) is 22.5. The van der Waals surface area contributed by atoms with Crippen LogP contribution < -0.4 is 4.74 Å². The molecule has 1 aliphatic heterocycles. The smallest absolute Gasteiger partial charge is 0.293 e. The zero-order chi connectivity index (χ0) is 23.0. The summed E-state index contributed by atoms with van der Waals surface area (Å²) in [4.78, 5) is 27.1. The summed E-state index contributed by atoms with van der Waals surface area (Å²) >= 11 is 13.1. The number of imide groups is 1. The molecule has 32 heavy (non-hydrogen) atoms. The largest absolute Gasteiger partial charge is 0.497 e. The number of nitrogens with zero attached hydrogens (tertiary/aromatic N) is 2. The summed E-state index contributed by atoms with van der Waals surface area (Å²) < 4.78 is 7.43. The molecule has 3 aromatic rings. The van der Waals surface area contributed by atoms with Crippen LogP contribution in [0.2, 0.25) is 10.0 Å². The first-order chi connectivity index (χ1) is 15.3. The predicted molar refractivity (Wildman–Crippen MR) is 130 cm³/mol. The van der Waals surface area contributed by atoms with E-state index in [1.807, 2.05) is 44.2 Å². The van der Waals surface area contributed by atoms with E-state index < -0.39 is 0 Å². The fourth-order valence-electron chi connectivity index (χ4n) is 3.68. The monoisotopic (exact) mass is 486 g/mol. The van der Waals surface area contributed by atoms with Gasteiger partial charge in [0.15, 0.2) is 0 Å². The number of ether oxygens (including phenoxy) is 1. The van der Waals surface area contributed by atoms with Crippen molar-refractivity contribution in [1.82, 2.24) is 9.47 Å². The summed E-state index contributed by atoms with van der Waals surface area (Å²) in [5.74, 6) is 0.427. The number of amides is 2. The SMILES string of the molecule is COc1cccc(-n2c(C)cc(/C=C3\SC(=O)N(Cc4ccc(Cl)cc4Cl)C3=O)c2C)c1.